The molecule has 0 aromatic heterocycles. The number of aryl methyl sites for hydroxylation is 1. The Bertz CT molecular complexity index is 1260. The maximum absolute atomic E-state index is 13.4. The first-order chi connectivity index (χ1) is 16.3. The number of piperidine rings is 1. The summed E-state index contributed by atoms with van der Waals surface area (Å²) in [6, 6.07) is 20.3. The van der Waals surface area contributed by atoms with Crippen molar-refractivity contribution in [1.29, 1.82) is 0 Å². The second-order valence-electron chi connectivity index (χ2n) is 8.57. The van der Waals surface area contributed by atoms with E-state index in [0.717, 1.165) is 44.6 Å². The minimum absolute atomic E-state index is 0.0172. The number of nitrogens with one attached hydrogen (secondary N) is 2. The summed E-state index contributed by atoms with van der Waals surface area (Å²) in [6.45, 7) is 4.16. The van der Waals surface area contributed by atoms with Crippen LogP contribution >= 0.6 is 0 Å². The van der Waals surface area contributed by atoms with Crippen molar-refractivity contribution >= 4 is 21.6 Å². The van der Waals surface area contributed by atoms with E-state index in [1.54, 1.807) is 24.3 Å². The fourth-order valence-electron chi connectivity index (χ4n) is 4.22. The van der Waals surface area contributed by atoms with Crippen molar-refractivity contribution < 1.29 is 17.6 Å². The van der Waals surface area contributed by atoms with Gasteiger partial charge in [-0.1, -0.05) is 42.5 Å². The van der Waals surface area contributed by atoms with Crippen molar-refractivity contribution in [3.8, 4) is 0 Å². The van der Waals surface area contributed by atoms with Crippen molar-refractivity contribution in [2.45, 2.75) is 37.2 Å². The van der Waals surface area contributed by atoms with Crippen molar-refractivity contribution in [3.05, 3.63) is 95.3 Å². The second kappa shape index (κ2) is 10.4. The van der Waals surface area contributed by atoms with Gasteiger partial charge in [-0.2, -0.15) is 0 Å². The molecule has 6 nitrogen and oxygen atoms in total. The molecule has 1 aliphatic rings. The maximum Gasteiger partial charge on any atom is 0.262 e. The van der Waals surface area contributed by atoms with Gasteiger partial charge in [0.15, 0.2) is 0 Å². The van der Waals surface area contributed by atoms with Gasteiger partial charge < -0.3 is 5.32 Å². The lowest BCUT2D eigenvalue weighted by Gasteiger charge is -2.32. The van der Waals surface area contributed by atoms with Gasteiger partial charge in [0.1, 0.15) is 5.82 Å². The Morgan fingerprint density at radius 3 is 2.38 bits per heavy atom. The van der Waals surface area contributed by atoms with E-state index in [-0.39, 0.29) is 33.7 Å². The number of para-hydroxylation sites is 1. The summed E-state index contributed by atoms with van der Waals surface area (Å²) < 4.78 is 41.7. The number of carbonyl (C=O) groups is 1. The number of rotatable bonds is 7. The van der Waals surface area contributed by atoms with Gasteiger partial charge in [-0.15, -0.1) is 0 Å². The molecule has 178 valence electrons. The summed E-state index contributed by atoms with van der Waals surface area (Å²) in [5.74, 6) is -0.832. The van der Waals surface area contributed by atoms with Crippen LogP contribution in [0.15, 0.2) is 77.7 Å². The van der Waals surface area contributed by atoms with Gasteiger partial charge in [0.2, 0.25) is 0 Å². The van der Waals surface area contributed by atoms with Gasteiger partial charge in [0.05, 0.1) is 16.1 Å². The van der Waals surface area contributed by atoms with Crippen LogP contribution in [-0.4, -0.2) is 38.4 Å². The standard InChI is InChI=1S/C26H28FN3O3S/c1-19-17-21(27)11-12-25(19)34(32,33)29-24-10-6-5-9-23(24)26(31)28-22-13-15-30(16-14-22)18-20-7-3-2-4-8-20/h2-12,17,22,29H,13-16,18H2,1H3,(H,28,31). The van der Waals surface area contributed by atoms with Crippen LogP contribution in [0, 0.1) is 12.7 Å². The zero-order valence-corrected chi connectivity index (χ0v) is 19.8. The van der Waals surface area contributed by atoms with Gasteiger partial charge in [0, 0.05) is 25.7 Å². The summed E-state index contributed by atoms with van der Waals surface area (Å²) >= 11 is 0. The van der Waals surface area contributed by atoms with Crippen molar-refractivity contribution in [1.82, 2.24) is 10.2 Å². The van der Waals surface area contributed by atoms with Gasteiger partial charge in [-0.25, -0.2) is 12.8 Å². The number of hydrogen-bond acceptors (Lipinski definition) is 4. The molecule has 3 aromatic rings. The molecular formula is C26H28FN3O3S. The zero-order chi connectivity index (χ0) is 24.1. The Morgan fingerprint density at radius 1 is 1.00 bits per heavy atom. The number of sulfonamides is 1. The lowest BCUT2D eigenvalue weighted by molar-refractivity contribution is 0.0910. The van der Waals surface area contributed by atoms with Crippen LogP contribution in [0.1, 0.15) is 34.3 Å². The normalized spacial score (nSPS) is 15.1. The number of likely N-dealkylation sites (tertiary alicyclic amines) is 1. The second-order valence-corrected chi connectivity index (χ2v) is 10.2. The molecule has 1 heterocycles. The molecule has 34 heavy (non-hydrogen) atoms. The lowest BCUT2D eigenvalue weighted by atomic mass is 10.0. The predicted octanol–water partition coefficient (Wildman–Crippen LogP) is 4.33. The van der Waals surface area contributed by atoms with Crippen LogP contribution < -0.4 is 10.0 Å². The third kappa shape index (κ3) is 5.81. The Morgan fingerprint density at radius 2 is 1.68 bits per heavy atom. The molecule has 4 rings (SSSR count). The van der Waals surface area contributed by atoms with E-state index >= 15 is 0 Å². The third-order valence-electron chi connectivity index (χ3n) is 6.01. The molecule has 0 spiro atoms. The Hall–Kier alpha value is -3.23. The first-order valence-corrected chi connectivity index (χ1v) is 12.8. The highest BCUT2D eigenvalue weighted by atomic mass is 32.2. The average Bonchev–Trinajstić information content (AvgIpc) is 2.81. The van der Waals surface area contributed by atoms with E-state index in [0.29, 0.717) is 0 Å². The van der Waals surface area contributed by atoms with Crippen LogP contribution in [0.4, 0.5) is 10.1 Å². The Labute approximate surface area is 199 Å². The molecule has 0 atom stereocenters. The van der Waals surface area contributed by atoms with E-state index in [2.05, 4.69) is 27.1 Å². The molecule has 0 radical (unpaired) electrons. The molecule has 0 bridgehead atoms. The highest BCUT2D eigenvalue weighted by Gasteiger charge is 2.24. The molecular weight excluding hydrogens is 453 g/mol. The fraction of sp³-hybridized carbons (Fsp3) is 0.269. The zero-order valence-electron chi connectivity index (χ0n) is 19.0. The van der Waals surface area contributed by atoms with E-state index in [1.165, 1.54) is 18.6 Å². The minimum Gasteiger partial charge on any atom is -0.349 e. The highest BCUT2D eigenvalue weighted by molar-refractivity contribution is 7.92. The van der Waals surface area contributed by atoms with Gasteiger partial charge in [0.25, 0.3) is 15.9 Å². The summed E-state index contributed by atoms with van der Waals surface area (Å²) in [4.78, 5) is 15.4. The van der Waals surface area contributed by atoms with Crippen LogP contribution in [0.25, 0.3) is 0 Å². The van der Waals surface area contributed by atoms with Crippen LogP contribution in [0.5, 0.6) is 0 Å². The molecule has 0 saturated carbocycles. The van der Waals surface area contributed by atoms with Crippen LogP contribution in [0.3, 0.4) is 0 Å². The summed E-state index contributed by atoms with van der Waals surface area (Å²) in [6.07, 6.45) is 1.64. The topological polar surface area (TPSA) is 78.5 Å². The number of halogens is 1. The van der Waals surface area contributed by atoms with Crippen molar-refractivity contribution in [2.75, 3.05) is 17.8 Å². The smallest absolute Gasteiger partial charge is 0.262 e. The van der Waals surface area contributed by atoms with Gasteiger partial charge in [-0.05, 0) is 61.2 Å². The molecule has 8 heteroatoms. The molecule has 1 saturated heterocycles. The number of nitrogens with zero attached hydrogens (tertiary/aromatic N) is 1. The van der Waals surface area contributed by atoms with Gasteiger partial charge in [-0.3, -0.25) is 14.4 Å². The van der Waals surface area contributed by atoms with E-state index < -0.39 is 15.8 Å². The predicted molar refractivity (Wildman–Crippen MR) is 131 cm³/mol. The summed E-state index contributed by atoms with van der Waals surface area (Å²) in [5, 5.41) is 3.05. The molecule has 1 fully saturated rings. The van der Waals surface area contributed by atoms with E-state index in [9.17, 15) is 17.6 Å². The first-order valence-electron chi connectivity index (χ1n) is 11.3. The molecule has 0 unspecified atom stereocenters. The molecule has 2 N–H and O–H groups in total. The summed E-state index contributed by atoms with van der Waals surface area (Å²) in [7, 11) is -3.99. The Kier molecular flexibility index (Phi) is 7.29. The molecule has 3 aromatic carbocycles. The average molecular weight is 482 g/mol. The Balaban J connectivity index is 1.40. The maximum atomic E-state index is 13.4. The minimum atomic E-state index is -3.99. The first kappa shape index (κ1) is 23.9. The number of hydrogen-bond donors (Lipinski definition) is 2. The lowest BCUT2D eigenvalue weighted by Crippen LogP contribution is -2.44. The van der Waals surface area contributed by atoms with Crippen LogP contribution in [-0.2, 0) is 16.6 Å². The number of anilines is 1. The fourth-order valence-corrected chi connectivity index (χ4v) is 5.53. The molecule has 1 aliphatic heterocycles. The highest BCUT2D eigenvalue weighted by Crippen LogP contribution is 2.23. The van der Waals surface area contributed by atoms with Crippen molar-refractivity contribution in [2.24, 2.45) is 0 Å². The summed E-state index contributed by atoms with van der Waals surface area (Å²) in [5.41, 5.74) is 1.99. The molecule has 1 amide bonds. The van der Waals surface area contributed by atoms with E-state index in [1.807, 2.05) is 18.2 Å². The monoisotopic (exact) mass is 481 g/mol. The SMILES string of the molecule is Cc1cc(F)ccc1S(=O)(=O)Nc1ccccc1C(=O)NC1CCN(Cc2ccccc2)CC1. The third-order valence-corrected chi connectivity index (χ3v) is 7.54. The molecule has 0 aliphatic carbocycles. The van der Waals surface area contributed by atoms with Gasteiger partial charge >= 0.3 is 0 Å². The van der Waals surface area contributed by atoms with Crippen molar-refractivity contribution in [3.63, 3.8) is 0 Å². The van der Waals surface area contributed by atoms with Crippen LogP contribution in [0.2, 0.25) is 0 Å². The number of amides is 1. The van der Waals surface area contributed by atoms with E-state index in [4.69, 9.17) is 0 Å². The number of carbonyl (C=O) groups excluding carboxylic acids is 1. The largest absolute Gasteiger partial charge is 0.349 e. The quantitative estimate of drug-likeness (QED) is 0.527. The number of benzene rings is 3.